The predicted octanol–water partition coefficient (Wildman–Crippen LogP) is 5.18. The number of hydrogen-bond acceptors (Lipinski definition) is 4. The van der Waals surface area contributed by atoms with Crippen LogP contribution in [0.5, 0.6) is 5.75 Å². The fraction of sp³-hybridized carbons (Fsp3) is 0.167. The highest BCUT2D eigenvalue weighted by Crippen LogP contribution is 2.32. The van der Waals surface area contributed by atoms with Gasteiger partial charge in [0.1, 0.15) is 5.75 Å². The topological polar surface area (TPSA) is 34.1 Å². The molecule has 0 saturated carbocycles. The number of thiazole rings is 1. The standard InChI is InChI=1S/C18H18N2OS/c1-12-5-4-6-15(11-12)19-18-20-17(13(2)22-18)14-7-9-16(21-3)10-8-14/h4-11H,1-3H3,(H,19,20). The van der Waals surface area contributed by atoms with Crippen molar-refractivity contribution in [1.29, 1.82) is 0 Å². The molecule has 0 radical (unpaired) electrons. The Hall–Kier alpha value is -2.33. The van der Waals surface area contributed by atoms with Crippen LogP contribution >= 0.6 is 11.3 Å². The summed E-state index contributed by atoms with van der Waals surface area (Å²) in [6.45, 7) is 4.18. The molecule has 0 amide bonds. The smallest absolute Gasteiger partial charge is 0.187 e. The quantitative estimate of drug-likeness (QED) is 0.721. The van der Waals surface area contributed by atoms with Gasteiger partial charge in [0.25, 0.3) is 0 Å². The zero-order valence-electron chi connectivity index (χ0n) is 12.9. The summed E-state index contributed by atoms with van der Waals surface area (Å²) in [6, 6.07) is 16.3. The van der Waals surface area contributed by atoms with Crippen molar-refractivity contribution in [3.63, 3.8) is 0 Å². The van der Waals surface area contributed by atoms with E-state index in [0.29, 0.717) is 0 Å². The first kappa shape index (κ1) is 14.6. The number of nitrogens with one attached hydrogen (secondary N) is 1. The molecular formula is C18H18N2OS. The van der Waals surface area contributed by atoms with E-state index in [0.717, 1.165) is 27.8 Å². The minimum absolute atomic E-state index is 0.856. The van der Waals surface area contributed by atoms with Gasteiger partial charge in [0, 0.05) is 16.1 Å². The second kappa shape index (κ2) is 6.20. The van der Waals surface area contributed by atoms with Gasteiger partial charge in [-0.15, -0.1) is 11.3 Å². The van der Waals surface area contributed by atoms with Gasteiger partial charge in [-0.1, -0.05) is 12.1 Å². The Morgan fingerprint density at radius 1 is 1.05 bits per heavy atom. The molecular weight excluding hydrogens is 292 g/mol. The Bertz CT molecular complexity index is 778. The third-order valence-electron chi connectivity index (χ3n) is 3.43. The van der Waals surface area contributed by atoms with Crippen LogP contribution in [-0.4, -0.2) is 12.1 Å². The van der Waals surface area contributed by atoms with Crippen LogP contribution in [0, 0.1) is 13.8 Å². The number of methoxy groups -OCH3 is 1. The summed E-state index contributed by atoms with van der Waals surface area (Å²) >= 11 is 1.67. The van der Waals surface area contributed by atoms with Crippen LogP contribution in [0.2, 0.25) is 0 Å². The number of ether oxygens (including phenoxy) is 1. The summed E-state index contributed by atoms with van der Waals surface area (Å²) in [5, 5.41) is 4.29. The zero-order valence-corrected chi connectivity index (χ0v) is 13.7. The van der Waals surface area contributed by atoms with Crippen molar-refractivity contribution in [2.75, 3.05) is 12.4 Å². The molecule has 3 nitrogen and oxygen atoms in total. The summed E-state index contributed by atoms with van der Waals surface area (Å²) < 4.78 is 5.20. The molecule has 1 aromatic heterocycles. The highest BCUT2D eigenvalue weighted by Gasteiger charge is 2.10. The maximum absolute atomic E-state index is 5.20. The van der Waals surface area contributed by atoms with E-state index in [1.54, 1.807) is 18.4 Å². The van der Waals surface area contributed by atoms with Crippen LogP contribution < -0.4 is 10.1 Å². The van der Waals surface area contributed by atoms with Gasteiger partial charge in [0.2, 0.25) is 0 Å². The first-order valence-corrected chi connectivity index (χ1v) is 7.93. The number of hydrogen-bond donors (Lipinski definition) is 1. The maximum Gasteiger partial charge on any atom is 0.187 e. The molecule has 3 aromatic rings. The lowest BCUT2D eigenvalue weighted by molar-refractivity contribution is 0.415. The molecule has 0 saturated heterocycles. The van der Waals surface area contributed by atoms with E-state index < -0.39 is 0 Å². The molecule has 1 heterocycles. The number of aryl methyl sites for hydroxylation is 2. The number of rotatable bonds is 4. The molecule has 3 rings (SSSR count). The van der Waals surface area contributed by atoms with Crippen molar-refractivity contribution >= 4 is 22.2 Å². The molecule has 0 atom stereocenters. The van der Waals surface area contributed by atoms with E-state index in [2.05, 4.69) is 37.4 Å². The predicted molar refractivity (Wildman–Crippen MR) is 93.3 cm³/mol. The molecule has 0 fully saturated rings. The number of benzene rings is 2. The van der Waals surface area contributed by atoms with Crippen LogP contribution in [0.4, 0.5) is 10.8 Å². The van der Waals surface area contributed by atoms with E-state index in [-0.39, 0.29) is 0 Å². The molecule has 112 valence electrons. The van der Waals surface area contributed by atoms with Crippen molar-refractivity contribution in [3.8, 4) is 17.0 Å². The van der Waals surface area contributed by atoms with Crippen molar-refractivity contribution in [2.24, 2.45) is 0 Å². The van der Waals surface area contributed by atoms with Crippen LogP contribution in [-0.2, 0) is 0 Å². The van der Waals surface area contributed by atoms with Crippen LogP contribution in [0.25, 0.3) is 11.3 Å². The van der Waals surface area contributed by atoms with Gasteiger partial charge in [-0.25, -0.2) is 4.98 Å². The van der Waals surface area contributed by atoms with Gasteiger partial charge in [-0.05, 0) is 55.8 Å². The minimum Gasteiger partial charge on any atom is -0.497 e. The van der Waals surface area contributed by atoms with E-state index in [4.69, 9.17) is 9.72 Å². The average molecular weight is 310 g/mol. The molecule has 0 spiro atoms. The number of anilines is 2. The van der Waals surface area contributed by atoms with E-state index >= 15 is 0 Å². The number of aromatic nitrogens is 1. The third-order valence-corrected chi connectivity index (χ3v) is 4.32. The van der Waals surface area contributed by atoms with Gasteiger partial charge in [-0.2, -0.15) is 0 Å². The Labute approximate surface area is 134 Å². The van der Waals surface area contributed by atoms with Crippen molar-refractivity contribution in [1.82, 2.24) is 4.98 Å². The third kappa shape index (κ3) is 3.12. The molecule has 0 aliphatic rings. The SMILES string of the molecule is COc1ccc(-c2nc(Nc3cccc(C)c3)sc2C)cc1. The Balaban J connectivity index is 1.86. The van der Waals surface area contributed by atoms with Crippen molar-refractivity contribution < 1.29 is 4.74 Å². The first-order valence-electron chi connectivity index (χ1n) is 7.11. The monoisotopic (exact) mass is 310 g/mol. The Morgan fingerprint density at radius 3 is 2.50 bits per heavy atom. The van der Waals surface area contributed by atoms with E-state index in [1.807, 2.05) is 30.3 Å². The van der Waals surface area contributed by atoms with Gasteiger partial charge in [0.05, 0.1) is 12.8 Å². The molecule has 4 heteroatoms. The van der Waals surface area contributed by atoms with Gasteiger partial charge >= 0.3 is 0 Å². The molecule has 22 heavy (non-hydrogen) atoms. The average Bonchev–Trinajstić information content (AvgIpc) is 2.88. The van der Waals surface area contributed by atoms with Crippen molar-refractivity contribution in [2.45, 2.75) is 13.8 Å². The highest BCUT2D eigenvalue weighted by atomic mass is 32.1. The van der Waals surface area contributed by atoms with E-state index in [9.17, 15) is 0 Å². The lowest BCUT2D eigenvalue weighted by Gasteiger charge is -2.03. The van der Waals surface area contributed by atoms with Crippen LogP contribution in [0.15, 0.2) is 48.5 Å². The largest absolute Gasteiger partial charge is 0.497 e. The summed E-state index contributed by atoms with van der Waals surface area (Å²) in [4.78, 5) is 5.92. The number of nitrogens with zero attached hydrogens (tertiary/aromatic N) is 1. The molecule has 1 N–H and O–H groups in total. The van der Waals surface area contributed by atoms with Crippen LogP contribution in [0.3, 0.4) is 0 Å². The fourth-order valence-corrected chi connectivity index (χ4v) is 3.17. The molecule has 0 bridgehead atoms. The fourth-order valence-electron chi connectivity index (χ4n) is 2.31. The molecule has 0 unspecified atom stereocenters. The molecule has 0 aliphatic carbocycles. The van der Waals surface area contributed by atoms with Crippen molar-refractivity contribution in [3.05, 3.63) is 59.0 Å². The first-order chi connectivity index (χ1) is 10.7. The Kier molecular flexibility index (Phi) is 4.11. The minimum atomic E-state index is 0.856. The summed E-state index contributed by atoms with van der Waals surface area (Å²) in [5.41, 5.74) is 4.42. The normalized spacial score (nSPS) is 10.5. The summed E-state index contributed by atoms with van der Waals surface area (Å²) in [6.07, 6.45) is 0. The molecule has 2 aromatic carbocycles. The summed E-state index contributed by atoms with van der Waals surface area (Å²) in [7, 11) is 1.67. The van der Waals surface area contributed by atoms with Gasteiger partial charge < -0.3 is 10.1 Å². The van der Waals surface area contributed by atoms with Gasteiger partial charge in [0.15, 0.2) is 5.13 Å². The van der Waals surface area contributed by atoms with E-state index in [1.165, 1.54) is 10.4 Å². The van der Waals surface area contributed by atoms with Crippen LogP contribution in [0.1, 0.15) is 10.4 Å². The molecule has 0 aliphatic heterocycles. The second-order valence-corrected chi connectivity index (χ2v) is 6.35. The maximum atomic E-state index is 5.20. The second-order valence-electron chi connectivity index (χ2n) is 5.15. The zero-order chi connectivity index (χ0) is 15.5. The lowest BCUT2D eigenvalue weighted by Crippen LogP contribution is -1.90. The Morgan fingerprint density at radius 2 is 1.82 bits per heavy atom. The highest BCUT2D eigenvalue weighted by molar-refractivity contribution is 7.16. The summed E-state index contributed by atoms with van der Waals surface area (Å²) in [5.74, 6) is 0.856. The lowest BCUT2D eigenvalue weighted by atomic mass is 10.1. The van der Waals surface area contributed by atoms with Gasteiger partial charge in [-0.3, -0.25) is 0 Å².